The molecule has 0 atom stereocenters. The highest BCUT2D eigenvalue weighted by Gasteiger charge is 2.35. The van der Waals surface area contributed by atoms with Crippen LogP contribution in [0.4, 0.5) is 0 Å². The SMILES string of the molecule is O=C=NC(Cl)(Cl)C1CCCCC1. The molecule has 1 rings (SSSR count). The zero-order valence-electron chi connectivity index (χ0n) is 6.72. The number of rotatable bonds is 2. The van der Waals surface area contributed by atoms with Crippen molar-refractivity contribution >= 4 is 29.3 Å². The van der Waals surface area contributed by atoms with E-state index in [0.717, 1.165) is 25.7 Å². The lowest BCUT2D eigenvalue weighted by Gasteiger charge is -2.28. The minimum Gasteiger partial charge on any atom is -0.211 e. The molecule has 2 nitrogen and oxygen atoms in total. The van der Waals surface area contributed by atoms with E-state index in [0.29, 0.717) is 0 Å². The molecule has 0 unspecified atom stereocenters. The second kappa shape index (κ2) is 4.27. The van der Waals surface area contributed by atoms with Gasteiger partial charge in [-0.1, -0.05) is 42.5 Å². The molecule has 1 aliphatic rings. The van der Waals surface area contributed by atoms with Gasteiger partial charge in [0.2, 0.25) is 10.5 Å². The zero-order chi connectivity index (χ0) is 9.03. The maximum absolute atomic E-state index is 10.0. The lowest BCUT2D eigenvalue weighted by molar-refractivity contribution is 0.329. The van der Waals surface area contributed by atoms with Crippen molar-refractivity contribution in [3.8, 4) is 0 Å². The van der Waals surface area contributed by atoms with Gasteiger partial charge in [0.25, 0.3) is 0 Å². The largest absolute Gasteiger partial charge is 0.238 e. The van der Waals surface area contributed by atoms with Gasteiger partial charge in [0.05, 0.1) is 0 Å². The summed E-state index contributed by atoms with van der Waals surface area (Å²) in [4.78, 5) is 13.4. The third-order valence-electron chi connectivity index (χ3n) is 2.29. The quantitative estimate of drug-likeness (QED) is 0.297. The molecule has 68 valence electrons. The molecular weight excluding hydrogens is 197 g/mol. The summed E-state index contributed by atoms with van der Waals surface area (Å²) in [6.07, 6.45) is 6.81. The highest BCUT2D eigenvalue weighted by atomic mass is 35.5. The highest BCUT2D eigenvalue weighted by Crippen LogP contribution is 2.40. The summed E-state index contributed by atoms with van der Waals surface area (Å²) in [5.74, 6) is 0.121. The third-order valence-corrected chi connectivity index (χ3v) is 3.08. The van der Waals surface area contributed by atoms with Gasteiger partial charge in [-0.05, 0) is 12.8 Å². The van der Waals surface area contributed by atoms with Gasteiger partial charge in [-0.25, -0.2) is 4.79 Å². The van der Waals surface area contributed by atoms with Gasteiger partial charge < -0.3 is 0 Å². The van der Waals surface area contributed by atoms with E-state index in [2.05, 4.69) is 4.99 Å². The van der Waals surface area contributed by atoms with Crippen LogP contribution in [-0.4, -0.2) is 10.5 Å². The fourth-order valence-corrected chi connectivity index (χ4v) is 2.11. The van der Waals surface area contributed by atoms with E-state index in [-0.39, 0.29) is 5.92 Å². The van der Waals surface area contributed by atoms with Crippen LogP contribution in [0.1, 0.15) is 32.1 Å². The number of carbonyl (C=O) groups excluding carboxylic acids is 1. The maximum atomic E-state index is 10.0. The predicted molar refractivity (Wildman–Crippen MR) is 49.1 cm³/mol. The lowest BCUT2D eigenvalue weighted by atomic mass is 9.89. The van der Waals surface area contributed by atoms with E-state index < -0.39 is 4.46 Å². The molecule has 0 aromatic rings. The topological polar surface area (TPSA) is 29.4 Å². The van der Waals surface area contributed by atoms with Crippen molar-refractivity contribution in [1.29, 1.82) is 0 Å². The lowest BCUT2D eigenvalue weighted by Crippen LogP contribution is -2.25. The van der Waals surface area contributed by atoms with E-state index >= 15 is 0 Å². The first kappa shape index (κ1) is 10.0. The second-order valence-corrected chi connectivity index (χ2v) is 4.47. The van der Waals surface area contributed by atoms with Crippen LogP contribution in [0.2, 0.25) is 0 Å². The van der Waals surface area contributed by atoms with Crippen molar-refractivity contribution < 1.29 is 4.79 Å². The van der Waals surface area contributed by atoms with Gasteiger partial charge in [0.1, 0.15) is 0 Å². The van der Waals surface area contributed by atoms with Crippen LogP contribution in [0.15, 0.2) is 4.99 Å². The van der Waals surface area contributed by atoms with Crippen molar-refractivity contribution in [2.24, 2.45) is 10.9 Å². The van der Waals surface area contributed by atoms with Gasteiger partial charge in [-0.15, -0.1) is 0 Å². The van der Waals surface area contributed by atoms with E-state index in [1.165, 1.54) is 12.5 Å². The van der Waals surface area contributed by atoms with Gasteiger partial charge in [0.15, 0.2) is 0 Å². The molecule has 0 heterocycles. The number of halogens is 2. The minimum absolute atomic E-state index is 0.121. The number of hydrogen-bond donors (Lipinski definition) is 0. The number of nitrogens with zero attached hydrogens (tertiary/aromatic N) is 1. The monoisotopic (exact) mass is 207 g/mol. The molecule has 0 saturated heterocycles. The molecule has 12 heavy (non-hydrogen) atoms. The standard InChI is InChI=1S/C8H11Cl2NO/c9-8(10,11-6-12)7-4-2-1-3-5-7/h7H,1-5H2. The summed E-state index contributed by atoms with van der Waals surface area (Å²) in [7, 11) is 0. The number of hydrogen-bond acceptors (Lipinski definition) is 2. The molecule has 0 aromatic heterocycles. The van der Waals surface area contributed by atoms with Gasteiger partial charge in [-0.2, -0.15) is 4.99 Å². The van der Waals surface area contributed by atoms with Gasteiger partial charge >= 0.3 is 0 Å². The first-order chi connectivity index (χ1) is 5.67. The summed E-state index contributed by atoms with van der Waals surface area (Å²) in [6, 6.07) is 0. The van der Waals surface area contributed by atoms with Gasteiger partial charge in [0, 0.05) is 5.92 Å². The smallest absolute Gasteiger partial charge is 0.211 e. The van der Waals surface area contributed by atoms with Gasteiger partial charge in [-0.3, -0.25) is 0 Å². The molecule has 0 bridgehead atoms. The first-order valence-electron chi connectivity index (χ1n) is 4.13. The summed E-state index contributed by atoms with van der Waals surface area (Å²) >= 11 is 11.7. The molecule has 4 heteroatoms. The predicted octanol–water partition coefficient (Wildman–Crippen LogP) is 3.03. The third kappa shape index (κ3) is 2.48. The molecule has 0 amide bonds. The number of aliphatic imine (C=N–C) groups is 1. The van der Waals surface area contributed by atoms with E-state index in [1.807, 2.05) is 0 Å². The summed E-state index contributed by atoms with van der Waals surface area (Å²) in [5, 5.41) is 0. The molecule has 0 aliphatic heterocycles. The Balaban J connectivity index is 2.59. The molecule has 1 fully saturated rings. The maximum Gasteiger partial charge on any atom is 0.238 e. The van der Waals surface area contributed by atoms with Crippen LogP contribution in [0.3, 0.4) is 0 Å². The number of isocyanates is 1. The average Bonchev–Trinajstić information content (AvgIpc) is 2.06. The normalized spacial score (nSPS) is 20.2. The Morgan fingerprint density at radius 1 is 1.25 bits per heavy atom. The molecule has 1 saturated carbocycles. The molecular formula is C8H11Cl2NO. The van der Waals surface area contributed by atoms with Crippen LogP contribution in [0.5, 0.6) is 0 Å². The fourth-order valence-electron chi connectivity index (χ4n) is 1.60. The van der Waals surface area contributed by atoms with Crippen LogP contribution < -0.4 is 0 Å². The Morgan fingerprint density at radius 2 is 1.83 bits per heavy atom. The zero-order valence-corrected chi connectivity index (χ0v) is 8.24. The molecule has 0 spiro atoms. The highest BCUT2D eigenvalue weighted by molar-refractivity contribution is 6.48. The Bertz CT molecular complexity index is 193. The molecule has 0 aromatic carbocycles. The van der Waals surface area contributed by atoms with Crippen molar-refractivity contribution in [2.75, 3.05) is 0 Å². The van der Waals surface area contributed by atoms with Crippen molar-refractivity contribution in [2.45, 2.75) is 36.6 Å². The van der Waals surface area contributed by atoms with Crippen LogP contribution in [-0.2, 0) is 4.79 Å². The summed E-state index contributed by atoms with van der Waals surface area (Å²) < 4.78 is -1.23. The second-order valence-electron chi connectivity index (χ2n) is 3.13. The van der Waals surface area contributed by atoms with E-state index in [4.69, 9.17) is 23.2 Å². The Kier molecular flexibility index (Phi) is 3.57. The molecule has 1 aliphatic carbocycles. The fraction of sp³-hybridized carbons (Fsp3) is 0.875. The summed E-state index contributed by atoms with van der Waals surface area (Å²) in [6.45, 7) is 0. The van der Waals surface area contributed by atoms with Crippen LogP contribution in [0, 0.1) is 5.92 Å². The van der Waals surface area contributed by atoms with Crippen LogP contribution >= 0.6 is 23.2 Å². The first-order valence-corrected chi connectivity index (χ1v) is 4.89. The van der Waals surface area contributed by atoms with Crippen molar-refractivity contribution in [3.63, 3.8) is 0 Å². The molecule has 0 N–H and O–H groups in total. The Labute approximate surface area is 82.0 Å². The minimum atomic E-state index is -1.23. The van der Waals surface area contributed by atoms with Crippen molar-refractivity contribution in [1.82, 2.24) is 0 Å². The Hall–Kier alpha value is -0.0400. The molecule has 0 radical (unpaired) electrons. The van der Waals surface area contributed by atoms with E-state index in [1.54, 1.807) is 0 Å². The number of alkyl halides is 2. The van der Waals surface area contributed by atoms with Crippen molar-refractivity contribution in [3.05, 3.63) is 0 Å². The average molecular weight is 208 g/mol. The Morgan fingerprint density at radius 3 is 2.33 bits per heavy atom. The summed E-state index contributed by atoms with van der Waals surface area (Å²) in [5.41, 5.74) is 0. The van der Waals surface area contributed by atoms with Crippen LogP contribution in [0.25, 0.3) is 0 Å². The van der Waals surface area contributed by atoms with E-state index in [9.17, 15) is 4.79 Å².